The fraction of sp³-hybridized carbons (Fsp3) is 0.704. The standard InChI is InChI=1S/C52H84N2.2CH3.Ni/c1-9-17-22-26-33-44-39-48(40-45(34-27-23-18-10-2)50(44)35-28-24-19-11-3)52(51(36-25-20-12-4)46(41-54-53)32-21-13-5)47-37-42(29-14-6)49(31-16-8)43(38-47)30-15-7;;;/h37-40H,9-36H2,1-8H3;2*1H3;. The van der Waals surface area contributed by atoms with Crippen LogP contribution in [0.5, 0.6) is 0 Å². The summed E-state index contributed by atoms with van der Waals surface area (Å²) < 4.78 is 0. The van der Waals surface area contributed by atoms with Crippen molar-refractivity contribution in [2.45, 2.75) is 247 Å². The van der Waals surface area contributed by atoms with E-state index in [4.69, 9.17) is 0 Å². The van der Waals surface area contributed by atoms with Crippen LogP contribution in [0.4, 0.5) is 0 Å². The second-order valence-electron chi connectivity index (χ2n) is 16.6. The zero-order chi connectivity index (χ0) is 42.1. The van der Waals surface area contributed by atoms with E-state index in [0.29, 0.717) is 0 Å². The van der Waals surface area contributed by atoms with E-state index in [0.717, 1.165) is 69.8 Å². The summed E-state index contributed by atoms with van der Waals surface area (Å²) in [6.07, 6.45) is 33.6. The maximum atomic E-state index is 10.1. The van der Waals surface area contributed by atoms with Crippen LogP contribution >= 0.6 is 0 Å². The van der Waals surface area contributed by atoms with Crippen LogP contribution < -0.4 is 0 Å². The third-order valence-electron chi connectivity index (χ3n) is 11.5. The molecular weight excluding hydrogens is 735 g/mol. The number of rotatable bonds is 31. The number of hydrogen-bond donors (Lipinski definition) is 0. The SMILES string of the molecule is CCCCCCc1cc(C(=C(CCCCC)C(=C=[N+]=[N-])CCCC)c2cc(CCC)c(CCC)c(CCC)c2)cc(CCCCCC)c1CCCCCC.[CH3][Ni][CH3]. The molecule has 2 nitrogen and oxygen atoms in total. The van der Waals surface area contributed by atoms with Crippen molar-refractivity contribution in [1.82, 2.24) is 0 Å². The van der Waals surface area contributed by atoms with E-state index in [1.54, 1.807) is 47.8 Å². The second-order valence-corrected chi connectivity index (χ2v) is 17.6. The summed E-state index contributed by atoms with van der Waals surface area (Å²) in [6.45, 7) is 18.6. The van der Waals surface area contributed by atoms with Crippen molar-refractivity contribution >= 4 is 11.4 Å². The molecule has 0 fully saturated rings. The topological polar surface area (TPSA) is 36.4 Å². The van der Waals surface area contributed by atoms with Crippen LogP contribution in [0.15, 0.2) is 35.4 Å². The van der Waals surface area contributed by atoms with E-state index < -0.39 is 0 Å². The predicted molar refractivity (Wildman–Crippen MR) is 252 cm³/mol. The van der Waals surface area contributed by atoms with Crippen molar-refractivity contribution in [2.75, 3.05) is 0 Å². The molecule has 0 N–H and O–H groups in total. The molecule has 57 heavy (non-hydrogen) atoms. The van der Waals surface area contributed by atoms with Gasteiger partial charge in [0.15, 0.2) is 0 Å². The number of unbranched alkanes of at least 4 members (excludes halogenated alkanes) is 12. The molecule has 0 aliphatic carbocycles. The first-order chi connectivity index (χ1) is 27.9. The number of benzene rings is 2. The van der Waals surface area contributed by atoms with Gasteiger partial charge in [-0.2, -0.15) is 0 Å². The Kier molecular flexibility index (Phi) is 32.1. The van der Waals surface area contributed by atoms with Crippen LogP contribution in [0.25, 0.3) is 11.1 Å². The fourth-order valence-corrected chi connectivity index (χ4v) is 8.60. The number of aryl methyl sites for hydroxylation is 4. The van der Waals surface area contributed by atoms with Crippen molar-refractivity contribution in [3.05, 3.63) is 85.5 Å². The predicted octanol–water partition coefficient (Wildman–Crippen LogP) is 17.5. The van der Waals surface area contributed by atoms with Gasteiger partial charge in [0.05, 0.1) is 5.57 Å². The first-order valence-corrected chi connectivity index (χ1v) is 26.1. The number of hydrogen-bond acceptors (Lipinski definition) is 0. The molecule has 0 amide bonds. The second kappa shape index (κ2) is 34.7. The summed E-state index contributed by atoms with van der Waals surface area (Å²) in [6, 6.07) is 10.5. The van der Waals surface area contributed by atoms with Crippen LogP contribution in [0, 0.1) is 0 Å². The van der Waals surface area contributed by atoms with E-state index in [9.17, 15) is 5.53 Å². The molecule has 0 aliphatic heterocycles. The molecule has 0 atom stereocenters. The Hall–Kier alpha value is -2.17. The third-order valence-corrected chi connectivity index (χ3v) is 11.5. The van der Waals surface area contributed by atoms with Crippen LogP contribution in [0.3, 0.4) is 0 Å². The minimum atomic E-state index is 0.895. The molecule has 0 saturated heterocycles. The van der Waals surface area contributed by atoms with Crippen molar-refractivity contribution in [1.29, 1.82) is 0 Å². The molecule has 0 aliphatic rings. The van der Waals surface area contributed by atoms with Gasteiger partial charge in [0.25, 0.3) is 0 Å². The van der Waals surface area contributed by atoms with E-state index in [1.807, 2.05) is 0 Å². The molecule has 2 aromatic rings. The molecule has 0 heterocycles. The molecule has 2 rings (SSSR count). The molecule has 326 valence electrons. The quantitative estimate of drug-likeness (QED) is 0.0181. The maximum absolute atomic E-state index is 10.1. The van der Waals surface area contributed by atoms with Gasteiger partial charge >= 0.3 is 32.1 Å². The Balaban J connectivity index is 0.00000524. The molecule has 0 unspecified atom stereocenters. The van der Waals surface area contributed by atoms with Gasteiger partial charge < -0.3 is 5.53 Å². The van der Waals surface area contributed by atoms with Crippen molar-refractivity contribution in [3.8, 4) is 0 Å². The van der Waals surface area contributed by atoms with Gasteiger partial charge in [-0.25, -0.2) is 0 Å². The Bertz CT molecular complexity index is 1410. The van der Waals surface area contributed by atoms with Crippen LogP contribution in [0.2, 0.25) is 11.8 Å². The van der Waals surface area contributed by atoms with Crippen LogP contribution in [0.1, 0.15) is 241 Å². The van der Waals surface area contributed by atoms with Crippen molar-refractivity contribution in [3.63, 3.8) is 0 Å². The Morgan fingerprint density at radius 3 is 1.25 bits per heavy atom. The monoisotopic (exact) mass is 825 g/mol. The van der Waals surface area contributed by atoms with Gasteiger partial charge in [0, 0.05) is 0 Å². The van der Waals surface area contributed by atoms with Gasteiger partial charge in [-0.15, -0.1) is 4.79 Å². The van der Waals surface area contributed by atoms with Crippen molar-refractivity contribution < 1.29 is 19.2 Å². The summed E-state index contributed by atoms with van der Waals surface area (Å²) in [4.78, 5) is 3.63. The average Bonchev–Trinajstić information content (AvgIpc) is 3.20. The summed E-state index contributed by atoms with van der Waals surface area (Å²) in [5.74, 6) is 7.32. The van der Waals surface area contributed by atoms with Crippen LogP contribution in [-0.4, -0.2) is 10.7 Å². The van der Waals surface area contributed by atoms with Crippen molar-refractivity contribution in [2.24, 2.45) is 0 Å². The van der Waals surface area contributed by atoms with Crippen LogP contribution in [-0.2, 0) is 53.0 Å². The summed E-state index contributed by atoms with van der Waals surface area (Å²) in [7, 11) is 0. The summed E-state index contributed by atoms with van der Waals surface area (Å²) in [5, 5.41) is 0. The number of nitrogens with zero attached hydrogens (tertiary/aromatic N) is 2. The normalized spacial score (nSPS) is 11.5. The van der Waals surface area contributed by atoms with Gasteiger partial charge in [-0.1, -0.05) is 176 Å². The molecule has 0 saturated carbocycles. The average molecular weight is 826 g/mol. The Morgan fingerprint density at radius 2 is 0.842 bits per heavy atom. The molecule has 0 spiro atoms. The van der Waals surface area contributed by atoms with E-state index in [1.165, 1.54) is 138 Å². The first-order valence-electron chi connectivity index (χ1n) is 24.1. The van der Waals surface area contributed by atoms with Gasteiger partial charge in [-0.3, -0.25) is 0 Å². The van der Waals surface area contributed by atoms with E-state index in [2.05, 4.69) is 102 Å². The molecule has 2 aromatic carbocycles. The Morgan fingerprint density at radius 1 is 0.456 bits per heavy atom. The molecule has 0 bridgehead atoms. The first kappa shape index (κ1) is 52.9. The molecular formula is C54H90N2Ni. The molecule has 0 aromatic heterocycles. The van der Waals surface area contributed by atoms with Gasteiger partial charge in [0.2, 0.25) is 0 Å². The van der Waals surface area contributed by atoms with Gasteiger partial charge in [0.1, 0.15) is 0 Å². The minimum absolute atomic E-state index is 0.895. The zero-order valence-corrected chi connectivity index (χ0v) is 40.3. The molecule has 3 heteroatoms. The van der Waals surface area contributed by atoms with E-state index >= 15 is 0 Å². The summed E-state index contributed by atoms with van der Waals surface area (Å²) in [5.41, 5.74) is 26.3. The zero-order valence-electron chi connectivity index (χ0n) is 39.3. The molecule has 0 radical (unpaired) electrons. The summed E-state index contributed by atoms with van der Waals surface area (Å²) >= 11 is 1.62. The van der Waals surface area contributed by atoms with E-state index in [-0.39, 0.29) is 0 Å². The third kappa shape index (κ3) is 20.1. The Labute approximate surface area is 361 Å². The fourth-order valence-electron chi connectivity index (χ4n) is 8.60. The number of allylic oxidation sites excluding steroid dienone is 2. The van der Waals surface area contributed by atoms with Gasteiger partial charge in [-0.05, 0) is 139 Å².